The van der Waals surface area contributed by atoms with Crippen LogP contribution in [0.3, 0.4) is 0 Å². The Bertz CT molecular complexity index is 888. The molecule has 1 fully saturated rings. The largest absolute Gasteiger partial charge is 0.375 e. The quantitative estimate of drug-likeness (QED) is 0.824. The van der Waals surface area contributed by atoms with E-state index < -0.39 is 11.2 Å². The van der Waals surface area contributed by atoms with Crippen LogP contribution in [-0.2, 0) is 22.5 Å². The molecule has 7 heteroatoms. The predicted molar refractivity (Wildman–Crippen MR) is 102 cm³/mol. The molecule has 1 saturated heterocycles. The molecular weight excluding hydrogens is 346 g/mol. The van der Waals surface area contributed by atoms with Gasteiger partial charge in [-0.3, -0.25) is 19.1 Å². The van der Waals surface area contributed by atoms with Crippen LogP contribution in [0.15, 0.2) is 46.1 Å². The number of nitrogens with one attached hydrogen (secondary N) is 1. The highest BCUT2D eigenvalue weighted by Gasteiger charge is 2.24. The van der Waals surface area contributed by atoms with E-state index in [0.29, 0.717) is 25.3 Å². The molecule has 1 aromatic heterocycles. The number of nitrogens with zero attached hydrogens (tertiary/aromatic N) is 2. The summed E-state index contributed by atoms with van der Waals surface area (Å²) in [6, 6.07) is 10.3. The molecule has 0 radical (unpaired) electrons. The molecule has 3 rings (SSSR count). The molecule has 1 aromatic carbocycles. The van der Waals surface area contributed by atoms with E-state index in [1.54, 1.807) is 11.8 Å². The Balaban J connectivity index is 1.53. The Morgan fingerprint density at radius 2 is 2.04 bits per heavy atom. The van der Waals surface area contributed by atoms with Crippen molar-refractivity contribution in [1.29, 1.82) is 0 Å². The fourth-order valence-corrected chi connectivity index (χ4v) is 3.28. The molecule has 0 unspecified atom stereocenters. The fraction of sp³-hybridized carbons (Fsp3) is 0.450. The first-order valence-corrected chi connectivity index (χ1v) is 9.26. The summed E-state index contributed by atoms with van der Waals surface area (Å²) in [5, 5.41) is 0. The number of aryl methyl sites for hydroxylation is 2. The van der Waals surface area contributed by atoms with E-state index in [0.717, 1.165) is 19.3 Å². The number of hydrogen-bond donors (Lipinski definition) is 1. The van der Waals surface area contributed by atoms with Gasteiger partial charge in [0.15, 0.2) is 0 Å². The third kappa shape index (κ3) is 5.17. The predicted octanol–water partition coefficient (Wildman–Crippen LogP) is 1.10. The molecule has 1 atom stereocenters. The number of morpholine rings is 1. The average molecular weight is 371 g/mol. The summed E-state index contributed by atoms with van der Waals surface area (Å²) in [6.45, 7) is 3.08. The maximum absolute atomic E-state index is 12.6. The van der Waals surface area contributed by atoms with Crippen molar-refractivity contribution in [3.8, 4) is 0 Å². The molecule has 1 aliphatic rings. The fourth-order valence-electron chi connectivity index (χ4n) is 3.28. The molecule has 0 aliphatic carbocycles. The van der Waals surface area contributed by atoms with Gasteiger partial charge in [0.25, 0.3) is 5.56 Å². The Morgan fingerprint density at radius 1 is 1.26 bits per heavy atom. The summed E-state index contributed by atoms with van der Waals surface area (Å²) < 4.78 is 7.04. The minimum Gasteiger partial charge on any atom is -0.375 e. The van der Waals surface area contributed by atoms with Crippen LogP contribution in [0.1, 0.15) is 24.0 Å². The first-order chi connectivity index (χ1) is 13.0. The van der Waals surface area contributed by atoms with Gasteiger partial charge in [0.05, 0.1) is 12.7 Å². The second kappa shape index (κ2) is 8.81. The summed E-state index contributed by atoms with van der Waals surface area (Å²) >= 11 is 0. The number of carbonyl (C=O) groups is 1. The Kier molecular flexibility index (Phi) is 6.24. The highest BCUT2D eigenvalue weighted by atomic mass is 16.5. The molecule has 0 bridgehead atoms. The van der Waals surface area contributed by atoms with Crippen LogP contribution in [0.5, 0.6) is 0 Å². The lowest BCUT2D eigenvalue weighted by Gasteiger charge is -2.33. The first kappa shape index (κ1) is 19.1. The van der Waals surface area contributed by atoms with Gasteiger partial charge in [-0.15, -0.1) is 0 Å². The van der Waals surface area contributed by atoms with Crippen LogP contribution in [0, 0.1) is 6.92 Å². The molecule has 1 amide bonds. The van der Waals surface area contributed by atoms with Gasteiger partial charge >= 0.3 is 5.69 Å². The van der Waals surface area contributed by atoms with Crippen molar-refractivity contribution < 1.29 is 9.53 Å². The molecule has 1 N–H and O–H groups in total. The molecule has 7 nitrogen and oxygen atoms in total. The van der Waals surface area contributed by atoms with Crippen molar-refractivity contribution in [3.05, 3.63) is 68.5 Å². The number of H-pyrrole nitrogens is 1. The number of benzene rings is 1. The summed E-state index contributed by atoms with van der Waals surface area (Å²) in [5.74, 6) is -0.139. The number of aromatic nitrogens is 2. The molecule has 1 aliphatic heterocycles. The maximum atomic E-state index is 12.6. The smallest absolute Gasteiger partial charge is 0.328 e. The monoisotopic (exact) mass is 371 g/mol. The van der Waals surface area contributed by atoms with Crippen LogP contribution in [0.2, 0.25) is 0 Å². The zero-order valence-electron chi connectivity index (χ0n) is 15.5. The van der Waals surface area contributed by atoms with E-state index in [1.807, 2.05) is 18.2 Å². The van der Waals surface area contributed by atoms with Crippen molar-refractivity contribution >= 4 is 5.91 Å². The van der Waals surface area contributed by atoms with Crippen LogP contribution in [0.4, 0.5) is 0 Å². The molecule has 0 spiro atoms. The third-order valence-electron chi connectivity index (χ3n) is 4.82. The van der Waals surface area contributed by atoms with Gasteiger partial charge in [-0.1, -0.05) is 30.3 Å². The zero-order valence-corrected chi connectivity index (χ0v) is 15.5. The van der Waals surface area contributed by atoms with Gasteiger partial charge in [-0.25, -0.2) is 4.79 Å². The average Bonchev–Trinajstić information content (AvgIpc) is 2.67. The van der Waals surface area contributed by atoms with E-state index in [1.165, 1.54) is 16.3 Å². The highest BCUT2D eigenvalue weighted by molar-refractivity contribution is 5.76. The summed E-state index contributed by atoms with van der Waals surface area (Å²) in [5.41, 5.74) is 0.720. The number of amides is 1. The van der Waals surface area contributed by atoms with E-state index in [4.69, 9.17) is 4.74 Å². The van der Waals surface area contributed by atoms with Crippen LogP contribution < -0.4 is 11.2 Å². The molecule has 2 heterocycles. The number of ether oxygens (including phenoxy) is 1. The normalized spacial score (nSPS) is 17.1. The SMILES string of the molecule is Cc1cn(CC(=O)N2CCO[C@H](CCCc3ccccc3)C2)c(=O)[nH]c1=O. The molecular formula is C20H25N3O4. The van der Waals surface area contributed by atoms with E-state index in [-0.39, 0.29) is 18.6 Å². The molecule has 0 saturated carbocycles. The van der Waals surface area contributed by atoms with Crippen molar-refractivity contribution in [3.63, 3.8) is 0 Å². The summed E-state index contributed by atoms with van der Waals surface area (Å²) in [6.07, 6.45) is 4.31. The lowest BCUT2D eigenvalue weighted by molar-refractivity contribution is -0.139. The van der Waals surface area contributed by atoms with Gasteiger partial charge in [0.2, 0.25) is 5.91 Å². The van der Waals surface area contributed by atoms with Gasteiger partial charge < -0.3 is 9.64 Å². The van der Waals surface area contributed by atoms with Crippen molar-refractivity contribution in [2.75, 3.05) is 19.7 Å². The Labute approximate surface area is 157 Å². The topological polar surface area (TPSA) is 84.4 Å². The molecule has 2 aromatic rings. The van der Waals surface area contributed by atoms with E-state index in [2.05, 4.69) is 17.1 Å². The highest BCUT2D eigenvalue weighted by Crippen LogP contribution is 2.13. The second-order valence-electron chi connectivity index (χ2n) is 6.91. The van der Waals surface area contributed by atoms with Crippen LogP contribution in [-0.4, -0.2) is 46.2 Å². The number of carbonyl (C=O) groups excluding carboxylic acids is 1. The third-order valence-corrected chi connectivity index (χ3v) is 4.82. The molecule has 27 heavy (non-hydrogen) atoms. The van der Waals surface area contributed by atoms with Crippen molar-refractivity contribution in [2.24, 2.45) is 0 Å². The minimum absolute atomic E-state index is 0.0143. The van der Waals surface area contributed by atoms with Gasteiger partial charge in [0, 0.05) is 24.8 Å². The zero-order chi connectivity index (χ0) is 19.2. The van der Waals surface area contributed by atoms with Crippen molar-refractivity contribution in [2.45, 2.75) is 38.8 Å². The number of hydrogen-bond acceptors (Lipinski definition) is 4. The summed E-state index contributed by atoms with van der Waals surface area (Å²) in [7, 11) is 0. The summed E-state index contributed by atoms with van der Waals surface area (Å²) in [4.78, 5) is 39.8. The van der Waals surface area contributed by atoms with Gasteiger partial charge in [0.1, 0.15) is 6.54 Å². The van der Waals surface area contributed by atoms with E-state index in [9.17, 15) is 14.4 Å². The number of rotatable bonds is 6. The van der Waals surface area contributed by atoms with Crippen LogP contribution >= 0.6 is 0 Å². The lowest BCUT2D eigenvalue weighted by Crippen LogP contribution is -2.47. The Hall–Kier alpha value is -2.67. The van der Waals surface area contributed by atoms with Gasteiger partial charge in [-0.05, 0) is 31.7 Å². The lowest BCUT2D eigenvalue weighted by atomic mass is 10.1. The minimum atomic E-state index is -0.563. The van der Waals surface area contributed by atoms with Gasteiger partial charge in [-0.2, -0.15) is 0 Å². The maximum Gasteiger partial charge on any atom is 0.328 e. The van der Waals surface area contributed by atoms with Crippen LogP contribution in [0.25, 0.3) is 0 Å². The second-order valence-corrected chi connectivity index (χ2v) is 6.91. The standard InChI is InChI=1S/C20H25N3O4/c1-15-12-23(20(26)21-19(15)25)14-18(24)22-10-11-27-17(13-22)9-5-8-16-6-3-2-4-7-16/h2-4,6-7,12,17H,5,8-11,13-14H2,1H3,(H,21,25,26)/t17-/m1/s1. The first-order valence-electron chi connectivity index (χ1n) is 9.26. The Morgan fingerprint density at radius 3 is 2.81 bits per heavy atom. The van der Waals surface area contributed by atoms with Crippen molar-refractivity contribution in [1.82, 2.24) is 14.5 Å². The van der Waals surface area contributed by atoms with E-state index >= 15 is 0 Å². The molecule has 144 valence electrons. The number of aromatic amines is 1.